The van der Waals surface area contributed by atoms with Crippen molar-refractivity contribution in [1.82, 2.24) is 5.32 Å². The molecule has 2 unspecified atom stereocenters. The Bertz CT molecular complexity index is 571. The third-order valence-corrected chi connectivity index (χ3v) is 4.48. The molecule has 2 atom stereocenters. The van der Waals surface area contributed by atoms with Gasteiger partial charge >= 0.3 is 0 Å². The maximum Gasteiger partial charge on any atom is 0.0464 e. The van der Waals surface area contributed by atoms with Crippen molar-refractivity contribution in [3.63, 3.8) is 0 Å². The summed E-state index contributed by atoms with van der Waals surface area (Å²) in [6.45, 7) is 4.38. The van der Waals surface area contributed by atoms with E-state index in [1.165, 1.54) is 5.56 Å². The Morgan fingerprint density at radius 1 is 1.14 bits per heavy atom. The van der Waals surface area contributed by atoms with Gasteiger partial charge in [0, 0.05) is 21.6 Å². The molecule has 2 rings (SSSR count). The van der Waals surface area contributed by atoms with Crippen molar-refractivity contribution in [2.75, 3.05) is 0 Å². The minimum Gasteiger partial charge on any atom is -0.303 e. The molecular weight excluding hydrogens is 346 g/mol. The summed E-state index contributed by atoms with van der Waals surface area (Å²) < 4.78 is 1.01. The van der Waals surface area contributed by atoms with E-state index >= 15 is 0 Å². The van der Waals surface area contributed by atoms with Crippen LogP contribution in [0.5, 0.6) is 0 Å². The van der Waals surface area contributed by atoms with Crippen LogP contribution in [-0.2, 0) is 0 Å². The van der Waals surface area contributed by atoms with Crippen molar-refractivity contribution in [2.45, 2.75) is 38.8 Å². The van der Waals surface area contributed by atoms with Crippen LogP contribution in [0.2, 0.25) is 5.02 Å². The molecule has 1 nitrogen and oxygen atoms in total. The molecule has 0 aliphatic carbocycles. The molecule has 112 valence electrons. The van der Waals surface area contributed by atoms with Crippen LogP contribution in [-0.4, -0.2) is 0 Å². The quantitative estimate of drug-likeness (QED) is 0.633. The highest BCUT2D eigenvalue weighted by molar-refractivity contribution is 9.10. The molecule has 0 fully saturated rings. The molecule has 0 heterocycles. The van der Waals surface area contributed by atoms with E-state index < -0.39 is 0 Å². The smallest absolute Gasteiger partial charge is 0.0464 e. The third kappa shape index (κ3) is 4.57. The van der Waals surface area contributed by atoms with Gasteiger partial charge < -0.3 is 5.32 Å². The maximum atomic E-state index is 6.36. The van der Waals surface area contributed by atoms with E-state index in [0.29, 0.717) is 6.04 Å². The molecular formula is C18H21BrClN. The number of rotatable bonds is 6. The Hall–Kier alpha value is -0.830. The first-order valence-electron chi connectivity index (χ1n) is 7.37. The van der Waals surface area contributed by atoms with Gasteiger partial charge in [-0.25, -0.2) is 0 Å². The van der Waals surface area contributed by atoms with Crippen LogP contribution in [0.3, 0.4) is 0 Å². The second kappa shape index (κ2) is 7.98. The lowest BCUT2D eigenvalue weighted by Gasteiger charge is -2.24. The number of nitrogens with one attached hydrogen (secondary N) is 1. The van der Waals surface area contributed by atoms with Gasteiger partial charge in [0.25, 0.3) is 0 Å². The van der Waals surface area contributed by atoms with Crippen LogP contribution in [0.15, 0.2) is 53.0 Å². The molecule has 0 saturated heterocycles. The summed E-state index contributed by atoms with van der Waals surface area (Å²) >= 11 is 9.81. The third-order valence-electron chi connectivity index (χ3n) is 3.66. The summed E-state index contributed by atoms with van der Waals surface area (Å²) in [5.41, 5.74) is 2.47. The highest BCUT2D eigenvalue weighted by atomic mass is 79.9. The van der Waals surface area contributed by atoms with E-state index in [1.54, 1.807) is 0 Å². The van der Waals surface area contributed by atoms with Crippen molar-refractivity contribution >= 4 is 27.5 Å². The van der Waals surface area contributed by atoms with Gasteiger partial charge in [0.05, 0.1) is 0 Å². The SMILES string of the molecule is CCCC(NC(C)c1ccc(Br)cc1Cl)c1ccccc1. The largest absolute Gasteiger partial charge is 0.303 e. The summed E-state index contributed by atoms with van der Waals surface area (Å²) in [4.78, 5) is 0. The van der Waals surface area contributed by atoms with Gasteiger partial charge in [0.15, 0.2) is 0 Å². The van der Waals surface area contributed by atoms with E-state index in [-0.39, 0.29) is 6.04 Å². The van der Waals surface area contributed by atoms with Gasteiger partial charge in [0.1, 0.15) is 0 Å². The Morgan fingerprint density at radius 2 is 1.86 bits per heavy atom. The molecule has 0 aromatic heterocycles. The number of hydrogen-bond acceptors (Lipinski definition) is 1. The highest BCUT2D eigenvalue weighted by Crippen LogP contribution is 2.29. The molecule has 0 saturated carbocycles. The van der Waals surface area contributed by atoms with Gasteiger partial charge in [-0.2, -0.15) is 0 Å². The lowest BCUT2D eigenvalue weighted by molar-refractivity contribution is 0.439. The van der Waals surface area contributed by atoms with Crippen molar-refractivity contribution in [1.29, 1.82) is 0 Å². The monoisotopic (exact) mass is 365 g/mol. The zero-order valence-corrected chi connectivity index (χ0v) is 14.8. The molecule has 0 aliphatic heterocycles. The van der Waals surface area contributed by atoms with E-state index in [2.05, 4.69) is 71.5 Å². The van der Waals surface area contributed by atoms with Gasteiger partial charge in [-0.1, -0.05) is 77.3 Å². The van der Waals surface area contributed by atoms with Crippen LogP contribution in [0.1, 0.15) is 49.9 Å². The van der Waals surface area contributed by atoms with E-state index in [1.807, 2.05) is 12.1 Å². The fourth-order valence-electron chi connectivity index (χ4n) is 2.56. The van der Waals surface area contributed by atoms with Crippen molar-refractivity contribution < 1.29 is 0 Å². The second-order valence-corrected chi connectivity index (χ2v) is 6.63. The normalized spacial score (nSPS) is 13.9. The molecule has 0 radical (unpaired) electrons. The predicted molar refractivity (Wildman–Crippen MR) is 94.8 cm³/mol. The average molecular weight is 367 g/mol. The summed E-state index contributed by atoms with van der Waals surface area (Å²) in [5, 5.41) is 4.51. The van der Waals surface area contributed by atoms with Gasteiger partial charge in [-0.15, -0.1) is 0 Å². The molecule has 0 amide bonds. The van der Waals surface area contributed by atoms with Crippen LogP contribution in [0.25, 0.3) is 0 Å². The molecule has 21 heavy (non-hydrogen) atoms. The minimum absolute atomic E-state index is 0.211. The second-order valence-electron chi connectivity index (χ2n) is 5.31. The summed E-state index contributed by atoms with van der Waals surface area (Å²) in [7, 11) is 0. The number of benzene rings is 2. The standard InChI is InChI=1S/C18H21BrClN/c1-3-7-18(14-8-5-4-6-9-14)21-13(2)16-11-10-15(19)12-17(16)20/h4-6,8-13,18,21H,3,7H2,1-2H3. The fraction of sp³-hybridized carbons (Fsp3) is 0.333. The van der Waals surface area contributed by atoms with Crippen molar-refractivity contribution in [3.05, 3.63) is 69.2 Å². The number of halogens is 2. The van der Waals surface area contributed by atoms with Gasteiger partial charge in [0.2, 0.25) is 0 Å². The Balaban J connectivity index is 2.16. The van der Waals surface area contributed by atoms with Gasteiger partial charge in [-0.05, 0) is 36.6 Å². The first kappa shape index (κ1) is 16.5. The highest BCUT2D eigenvalue weighted by Gasteiger charge is 2.16. The van der Waals surface area contributed by atoms with E-state index in [9.17, 15) is 0 Å². The van der Waals surface area contributed by atoms with Crippen LogP contribution < -0.4 is 5.32 Å². The first-order valence-corrected chi connectivity index (χ1v) is 8.55. The Morgan fingerprint density at radius 3 is 2.48 bits per heavy atom. The summed E-state index contributed by atoms with van der Waals surface area (Å²) in [6, 6.07) is 17.2. The Labute approximate surface area is 140 Å². The number of hydrogen-bond donors (Lipinski definition) is 1. The van der Waals surface area contributed by atoms with Crippen LogP contribution in [0, 0.1) is 0 Å². The van der Waals surface area contributed by atoms with Gasteiger partial charge in [-0.3, -0.25) is 0 Å². The minimum atomic E-state index is 0.211. The van der Waals surface area contributed by atoms with Crippen LogP contribution in [0.4, 0.5) is 0 Å². The van der Waals surface area contributed by atoms with Crippen molar-refractivity contribution in [3.8, 4) is 0 Å². The summed E-state index contributed by atoms with van der Waals surface area (Å²) in [5.74, 6) is 0. The predicted octanol–water partition coefficient (Wildman–Crippen LogP) is 6.29. The molecule has 0 bridgehead atoms. The Kier molecular flexibility index (Phi) is 6.28. The lowest BCUT2D eigenvalue weighted by Crippen LogP contribution is -2.24. The van der Waals surface area contributed by atoms with E-state index in [4.69, 9.17) is 11.6 Å². The zero-order chi connectivity index (χ0) is 15.2. The molecule has 2 aromatic carbocycles. The lowest BCUT2D eigenvalue weighted by atomic mass is 9.99. The zero-order valence-electron chi connectivity index (χ0n) is 12.4. The fourth-order valence-corrected chi connectivity index (χ4v) is 3.40. The summed E-state index contributed by atoms with van der Waals surface area (Å²) in [6.07, 6.45) is 2.26. The molecule has 0 aliphatic rings. The molecule has 1 N–H and O–H groups in total. The van der Waals surface area contributed by atoms with Crippen LogP contribution >= 0.6 is 27.5 Å². The first-order chi connectivity index (χ1) is 10.1. The maximum absolute atomic E-state index is 6.36. The topological polar surface area (TPSA) is 12.0 Å². The van der Waals surface area contributed by atoms with Crippen molar-refractivity contribution in [2.24, 2.45) is 0 Å². The molecule has 2 aromatic rings. The molecule has 0 spiro atoms. The molecule has 3 heteroatoms. The van der Waals surface area contributed by atoms with E-state index in [0.717, 1.165) is 27.9 Å². The average Bonchev–Trinajstić information content (AvgIpc) is 2.47.